The number of fused-ring (bicyclic) bond motifs is 1. The van der Waals surface area contributed by atoms with Gasteiger partial charge in [-0.25, -0.2) is 4.39 Å². The minimum Gasteiger partial charge on any atom is -0.496 e. The highest BCUT2D eigenvalue weighted by molar-refractivity contribution is 6.13. The number of hydrogen-bond donors (Lipinski definition) is 0. The predicted molar refractivity (Wildman–Crippen MR) is 111 cm³/mol. The van der Waals surface area contributed by atoms with E-state index in [-0.39, 0.29) is 18.1 Å². The molecule has 3 aromatic rings. The normalized spacial score (nSPS) is 14.6. The van der Waals surface area contributed by atoms with Gasteiger partial charge in [0.1, 0.15) is 12.4 Å². The Morgan fingerprint density at radius 3 is 2.59 bits per heavy atom. The molecule has 0 fully saturated rings. The maximum atomic E-state index is 13.8. The minimum atomic E-state index is -0.406. The highest BCUT2D eigenvalue weighted by Gasteiger charge is 2.21. The Morgan fingerprint density at radius 2 is 1.76 bits per heavy atom. The third kappa shape index (κ3) is 4.06. The van der Waals surface area contributed by atoms with Crippen LogP contribution in [0.2, 0.25) is 0 Å². The topological polar surface area (TPSA) is 35.5 Å². The van der Waals surface area contributed by atoms with E-state index in [9.17, 15) is 9.18 Å². The van der Waals surface area contributed by atoms with E-state index in [1.807, 2.05) is 48.5 Å². The Balaban J connectivity index is 1.59. The zero-order valence-electron chi connectivity index (χ0n) is 16.2. The summed E-state index contributed by atoms with van der Waals surface area (Å²) in [6, 6.07) is 19.7. The molecule has 1 aliphatic carbocycles. The van der Waals surface area contributed by atoms with Gasteiger partial charge in [0.2, 0.25) is 0 Å². The molecular formula is C25H21FO3. The summed E-state index contributed by atoms with van der Waals surface area (Å²) >= 11 is 0. The minimum absolute atomic E-state index is 0.0758. The van der Waals surface area contributed by atoms with Crippen molar-refractivity contribution < 1.29 is 18.7 Å². The lowest BCUT2D eigenvalue weighted by molar-refractivity contribution is 0.102. The molecule has 0 bridgehead atoms. The molecule has 0 aliphatic heterocycles. The van der Waals surface area contributed by atoms with Gasteiger partial charge in [0, 0.05) is 16.7 Å². The summed E-state index contributed by atoms with van der Waals surface area (Å²) in [7, 11) is 1.58. The fraction of sp³-hybridized carbons (Fsp3) is 0.160. The smallest absolute Gasteiger partial charge is 0.189 e. The van der Waals surface area contributed by atoms with Gasteiger partial charge in [-0.05, 0) is 54.3 Å². The van der Waals surface area contributed by atoms with Gasteiger partial charge in [0.25, 0.3) is 0 Å². The number of rotatable bonds is 5. The van der Waals surface area contributed by atoms with E-state index in [1.54, 1.807) is 25.3 Å². The number of ketones is 1. The van der Waals surface area contributed by atoms with Crippen LogP contribution < -0.4 is 9.47 Å². The van der Waals surface area contributed by atoms with Gasteiger partial charge in [-0.2, -0.15) is 0 Å². The summed E-state index contributed by atoms with van der Waals surface area (Å²) in [4.78, 5) is 12.8. The van der Waals surface area contributed by atoms with Crippen LogP contribution in [-0.2, 0) is 13.0 Å². The first-order valence-electron chi connectivity index (χ1n) is 9.53. The van der Waals surface area contributed by atoms with E-state index in [1.165, 1.54) is 6.07 Å². The number of ether oxygens (including phenoxy) is 2. The van der Waals surface area contributed by atoms with Gasteiger partial charge < -0.3 is 9.47 Å². The highest BCUT2D eigenvalue weighted by atomic mass is 19.1. The second-order valence-electron chi connectivity index (χ2n) is 6.95. The number of aryl methyl sites for hydroxylation is 1. The summed E-state index contributed by atoms with van der Waals surface area (Å²) in [5.41, 5.74) is 4.34. The molecule has 29 heavy (non-hydrogen) atoms. The van der Waals surface area contributed by atoms with Crippen molar-refractivity contribution in [1.82, 2.24) is 0 Å². The van der Waals surface area contributed by atoms with Crippen LogP contribution in [0.5, 0.6) is 11.5 Å². The van der Waals surface area contributed by atoms with Crippen LogP contribution in [0.25, 0.3) is 6.08 Å². The summed E-state index contributed by atoms with van der Waals surface area (Å²) in [5, 5.41) is 0. The van der Waals surface area contributed by atoms with Crippen molar-refractivity contribution in [3.63, 3.8) is 0 Å². The monoisotopic (exact) mass is 388 g/mol. The summed E-state index contributed by atoms with van der Waals surface area (Å²) in [6.45, 7) is 0.165. The third-order valence-corrected chi connectivity index (χ3v) is 5.08. The molecule has 0 N–H and O–H groups in total. The van der Waals surface area contributed by atoms with E-state index >= 15 is 0 Å². The lowest BCUT2D eigenvalue weighted by atomic mass is 9.86. The number of carbonyl (C=O) groups excluding carboxylic acids is 1. The molecular weight excluding hydrogens is 367 g/mol. The van der Waals surface area contributed by atoms with Crippen LogP contribution in [0.4, 0.5) is 4.39 Å². The number of Topliss-reactive ketones (excluding diaryl/α,β-unsaturated/α-hetero) is 1. The SMILES string of the molecule is COc1ccc(/C=C2/CCc3ccccc3C2=O)cc1COc1ccccc1F. The lowest BCUT2D eigenvalue weighted by Gasteiger charge is -2.17. The molecule has 0 amide bonds. The molecule has 0 spiro atoms. The molecule has 0 heterocycles. The average Bonchev–Trinajstić information content (AvgIpc) is 2.75. The molecule has 0 saturated heterocycles. The standard InChI is InChI=1S/C25H21FO3/c1-28-23-13-10-17(15-20(23)16-29-24-9-5-4-8-22(24)26)14-19-12-11-18-6-2-3-7-21(18)25(19)27/h2-10,13-15H,11-12,16H2,1H3/b19-14-. The van der Waals surface area contributed by atoms with Crippen molar-refractivity contribution in [1.29, 1.82) is 0 Å². The average molecular weight is 388 g/mol. The Hall–Kier alpha value is -3.40. The molecule has 0 unspecified atom stereocenters. The second kappa shape index (κ2) is 8.31. The van der Waals surface area contributed by atoms with Crippen LogP contribution >= 0.6 is 0 Å². The van der Waals surface area contributed by atoms with Crippen molar-refractivity contribution >= 4 is 11.9 Å². The van der Waals surface area contributed by atoms with Crippen LogP contribution in [0, 0.1) is 5.82 Å². The number of hydrogen-bond acceptors (Lipinski definition) is 3. The zero-order chi connectivity index (χ0) is 20.2. The van der Waals surface area contributed by atoms with E-state index in [2.05, 4.69) is 0 Å². The van der Waals surface area contributed by atoms with Crippen LogP contribution in [-0.4, -0.2) is 12.9 Å². The number of halogens is 1. The third-order valence-electron chi connectivity index (χ3n) is 5.08. The van der Waals surface area contributed by atoms with Gasteiger partial charge in [0.05, 0.1) is 7.11 Å². The first-order valence-corrected chi connectivity index (χ1v) is 9.53. The van der Waals surface area contributed by atoms with Crippen molar-refractivity contribution in [2.75, 3.05) is 7.11 Å². The van der Waals surface area contributed by atoms with Crippen molar-refractivity contribution in [2.45, 2.75) is 19.4 Å². The Kier molecular flexibility index (Phi) is 5.43. The Morgan fingerprint density at radius 1 is 0.966 bits per heavy atom. The fourth-order valence-corrected chi connectivity index (χ4v) is 3.57. The lowest BCUT2D eigenvalue weighted by Crippen LogP contribution is -2.13. The van der Waals surface area contributed by atoms with Gasteiger partial charge >= 0.3 is 0 Å². The number of methoxy groups -OCH3 is 1. The molecule has 3 aromatic carbocycles. The van der Waals surface area contributed by atoms with Crippen LogP contribution in [0.1, 0.15) is 33.5 Å². The van der Waals surface area contributed by atoms with Gasteiger partial charge in [-0.1, -0.05) is 42.5 Å². The predicted octanol–water partition coefficient (Wildman–Crippen LogP) is 5.63. The number of benzene rings is 3. The summed E-state index contributed by atoms with van der Waals surface area (Å²) in [5.74, 6) is 0.518. The molecule has 3 nitrogen and oxygen atoms in total. The number of para-hydroxylation sites is 1. The molecule has 0 aromatic heterocycles. The van der Waals surface area contributed by atoms with Crippen LogP contribution in [0.15, 0.2) is 72.3 Å². The van der Waals surface area contributed by atoms with E-state index in [4.69, 9.17) is 9.47 Å². The summed E-state index contributed by atoms with van der Waals surface area (Å²) < 4.78 is 24.9. The van der Waals surface area contributed by atoms with E-state index in [0.717, 1.165) is 34.2 Å². The van der Waals surface area contributed by atoms with Gasteiger partial charge in [-0.3, -0.25) is 4.79 Å². The number of allylic oxidation sites excluding steroid dienone is 1. The maximum Gasteiger partial charge on any atom is 0.189 e. The largest absolute Gasteiger partial charge is 0.496 e. The molecule has 1 aliphatic rings. The van der Waals surface area contributed by atoms with E-state index in [0.29, 0.717) is 12.2 Å². The summed E-state index contributed by atoms with van der Waals surface area (Å²) in [6.07, 6.45) is 3.49. The molecule has 4 heteroatoms. The molecule has 0 radical (unpaired) electrons. The zero-order valence-corrected chi connectivity index (χ0v) is 16.2. The maximum absolute atomic E-state index is 13.8. The molecule has 0 atom stereocenters. The van der Waals surface area contributed by atoms with Gasteiger partial charge in [0.15, 0.2) is 17.3 Å². The number of carbonyl (C=O) groups is 1. The Labute approximate surface area is 169 Å². The Bertz CT molecular complexity index is 1080. The first kappa shape index (κ1) is 18.9. The quantitative estimate of drug-likeness (QED) is 0.532. The van der Waals surface area contributed by atoms with Crippen molar-refractivity contribution in [2.24, 2.45) is 0 Å². The van der Waals surface area contributed by atoms with Crippen molar-refractivity contribution in [3.05, 3.63) is 100 Å². The van der Waals surface area contributed by atoms with Gasteiger partial charge in [-0.15, -0.1) is 0 Å². The second-order valence-corrected chi connectivity index (χ2v) is 6.95. The first-order chi connectivity index (χ1) is 14.2. The molecule has 0 saturated carbocycles. The van der Waals surface area contributed by atoms with Crippen LogP contribution in [0.3, 0.4) is 0 Å². The highest BCUT2D eigenvalue weighted by Crippen LogP contribution is 2.28. The van der Waals surface area contributed by atoms with E-state index < -0.39 is 5.82 Å². The molecule has 4 rings (SSSR count). The fourth-order valence-electron chi connectivity index (χ4n) is 3.57. The molecule has 146 valence electrons. The van der Waals surface area contributed by atoms with Crippen molar-refractivity contribution in [3.8, 4) is 11.5 Å².